The minimum absolute atomic E-state index is 0.0727. The van der Waals surface area contributed by atoms with Crippen molar-refractivity contribution in [1.29, 1.82) is 0 Å². The number of Topliss-reactive ketones (excluding diaryl/α,β-unsaturated/α-hetero) is 1. The fourth-order valence-electron chi connectivity index (χ4n) is 5.95. The van der Waals surface area contributed by atoms with Crippen LogP contribution in [0.2, 0.25) is 0 Å². The van der Waals surface area contributed by atoms with Gasteiger partial charge < -0.3 is 49.8 Å². The first-order valence-electron chi connectivity index (χ1n) is 20.3. The van der Waals surface area contributed by atoms with E-state index in [1.807, 2.05) is 0 Å². The SMILES string of the molecule is CC(=O)CCP(=O)(O)CN1CCN(CP(=O)(O)CCC(=O)N[C@@H](CCC(=O)O)C(=O)OC(C)(C)C)CCN(CP(=O)(O)CCC(=O)N[C@@H](CCC(=O)O)C(=O)OC(C)(C)C)CC1. The van der Waals surface area contributed by atoms with Crippen LogP contribution in [0.25, 0.3) is 0 Å². The van der Waals surface area contributed by atoms with Crippen molar-refractivity contribution in [3.05, 3.63) is 0 Å². The second-order valence-electron chi connectivity index (χ2n) is 17.6. The first-order valence-corrected chi connectivity index (χ1v) is 26.4. The molecule has 1 rings (SSSR count). The van der Waals surface area contributed by atoms with Gasteiger partial charge >= 0.3 is 23.9 Å². The zero-order valence-corrected chi connectivity index (χ0v) is 39.6. The Bertz CT molecular complexity index is 1610. The molecule has 22 nitrogen and oxygen atoms in total. The lowest BCUT2D eigenvalue weighted by atomic mass is 10.1. The number of aliphatic carboxylic acids is 2. The lowest BCUT2D eigenvalue weighted by molar-refractivity contribution is -0.160. The molecule has 3 unspecified atom stereocenters. The lowest BCUT2D eigenvalue weighted by Crippen LogP contribution is -2.44. The molecule has 62 heavy (non-hydrogen) atoms. The van der Waals surface area contributed by atoms with Crippen molar-refractivity contribution >= 4 is 63.6 Å². The third-order valence-electron chi connectivity index (χ3n) is 9.00. The highest BCUT2D eigenvalue weighted by Crippen LogP contribution is 2.44. The van der Waals surface area contributed by atoms with E-state index in [2.05, 4.69) is 10.6 Å². The van der Waals surface area contributed by atoms with Gasteiger partial charge in [-0.05, 0) is 61.3 Å². The Morgan fingerprint density at radius 3 is 1.05 bits per heavy atom. The minimum Gasteiger partial charge on any atom is -0.481 e. The number of ether oxygens (including phenoxy) is 2. The summed E-state index contributed by atoms with van der Waals surface area (Å²) >= 11 is 0. The van der Waals surface area contributed by atoms with Crippen molar-refractivity contribution in [3.8, 4) is 0 Å². The molecule has 7 N–H and O–H groups in total. The number of ketones is 1. The van der Waals surface area contributed by atoms with E-state index in [4.69, 9.17) is 19.7 Å². The molecule has 0 saturated carbocycles. The number of carbonyl (C=O) groups is 7. The maximum Gasteiger partial charge on any atom is 0.329 e. The first kappa shape index (κ1) is 57.0. The standard InChI is InChI=1S/C37H68N5O17P3/c1-27(43)12-21-60(52,53)24-40-15-17-41(25-61(54,55)22-13-30(44)38-28(8-10-32(46)47)34(50)58-36(2,3)4)19-20-42(18-16-40)26-62(56,57)23-14-31(45)39-29(9-11-33(48)49)35(51)59-37(5,6)7/h28-29H,8-26H2,1-7H3,(H,38,44)(H,39,45)(H,46,47)(H,48,49)(H,52,53)(H,54,55)(H,56,57)/t28-,29-/m0/s1. The van der Waals surface area contributed by atoms with Gasteiger partial charge in [-0.2, -0.15) is 0 Å². The first-order chi connectivity index (χ1) is 28.3. The number of amides is 2. The average molecular weight is 948 g/mol. The molecule has 1 heterocycles. The second-order valence-corrected chi connectivity index (χ2v) is 24.9. The van der Waals surface area contributed by atoms with Gasteiger partial charge in [0, 0.05) is 89.9 Å². The second kappa shape index (κ2) is 25.4. The molecular formula is C37H68N5O17P3. The summed E-state index contributed by atoms with van der Waals surface area (Å²) in [6.07, 6.45) is -5.17. The molecule has 0 aromatic rings. The number of carboxylic acid groups (broad SMARTS) is 2. The third kappa shape index (κ3) is 27.2. The summed E-state index contributed by atoms with van der Waals surface area (Å²) in [7, 11) is -12.1. The molecule has 0 aliphatic carbocycles. The number of hydrogen-bond acceptors (Lipinski definition) is 15. The van der Waals surface area contributed by atoms with Crippen LogP contribution in [0.3, 0.4) is 0 Å². The van der Waals surface area contributed by atoms with Crippen LogP contribution < -0.4 is 10.6 Å². The molecule has 0 bridgehead atoms. The summed E-state index contributed by atoms with van der Waals surface area (Å²) in [5, 5.41) is 23.0. The van der Waals surface area contributed by atoms with E-state index >= 15 is 0 Å². The Kier molecular flexibility index (Phi) is 23.4. The largest absolute Gasteiger partial charge is 0.481 e. The Balaban J connectivity index is 3.15. The van der Waals surface area contributed by atoms with Gasteiger partial charge in [-0.1, -0.05) is 0 Å². The summed E-state index contributed by atoms with van der Waals surface area (Å²) in [5.41, 5.74) is -1.87. The van der Waals surface area contributed by atoms with Crippen LogP contribution in [0.5, 0.6) is 0 Å². The normalized spacial score (nSPS) is 18.8. The Morgan fingerprint density at radius 2 is 0.806 bits per heavy atom. The summed E-state index contributed by atoms with van der Waals surface area (Å²) in [4.78, 5) is 122. The highest BCUT2D eigenvalue weighted by atomic mass is 31.2. The molecule has 0 spiro atoms. The van der Waals surface area contributed by atoms with E-state index in [0.29, 0.717) is 0 Å². The van der Waals surface area contributed by atoms with E-state index < -0.39 is 132 Å². The number of carboxylic acids is 2. The van der Waals surface area contributed by atoms with Crippen molar-refractivity contribution in [1.82, 2.24) is 25.3 Å². The smallest absolute Gasteiger partial charge is 0.329 e. The molecule has 1 aliphatic rings. The number of hydrogen-bond donors (Lipinski definition) is 7. The van der Waals surface area contributed by atoms with Crippen molar-refractivity contribution in [2.75, 3.05) is 76.6 Å². The quantitative estimate of drug-likeness (QED) is 0.0506. The number of carbonyl (C=O) groups excluding carboxylic acids is 5. The maximum atomic E-state index is 13.5. The summed E-state index contributed by atoms with van der Waals surface area (Å²) in [6, 6.07) is -2.64. The molecule has 0 radical (unpaired) electrons. The predicted octanol–water partition coefficient (Wildman–Crippen LogP) is 1.73. The van der Waals surface area contributed by atoms with E-state index in [-0.39, 0.29) is 76.8 Å². The van der Waals surface area contributed by atoms with Crippen LogP contribution in [0.4, 0.5) is 0 Å². The van der Waals surface area contributed by atoms with Crippen LogP contribution >= 0.6 is 22.1 Å². The van der Waals surface area contributed by atoms with Gasteiger partial charge in [-0.15, -0.1) is 0 Å². The summed E-state index contributed by atoms with van der Waals surface area (Å²) in [5.74, 6) is -6.01. The highest BCUT2D eigenvalue weighted by Gasteiger charge is 2.33. The Hall–Kier alpha value is -3.06. The van der Waals surface area contributed by atoms with Gasteiger partial charge in [0.25, 0.3) is 0 Å². The van der Waals surface area contributed by atoms with Crippen LogP contribution in [-0.2, 0) is 56.7 Å². The van der Waals surface area contributed by atoms with Gasteiger partial charge in [0.2, 0.25) is 33.9 Å². The zero-order valence-electron chi connectivity index (χ0n) is 36.9. The van der Waals surface area contributed by atoms with Gasteiger partial charge in [0.05, 0.1) is 18.9 Å². The molecule has 0 aromatic carbocycles. The van der Waals surface area contributed by atoms with E-state index in [0.717, 1.165) is 0 Å². The monoisotopic (exact) mass is 947 g/mol. The highest BCUT2D eigenvalue weighted by molar-refractivity contribution is 7.58. The fraction of sp³-hybridized carbons (Fsp3) is 0.811. The molecular weight excluding hydrogens is 879 g/mol. The molecule has 1 fully saturated rings. The molecule has 1 saturated heterocycles. The average Bonchev–Trinajstić information content (AvgIpc) is 3.18. The van der Waals surface area contributed by atoms with Crippen LogP contribution in [0.15, 0.2) is 0 Å². The van der Waals surface area contributed by atoms with E-state index in [1.165, 1.54) is 6.92 Å². The van der Waals surface area contributed by atoms with Crippen LogP contribution in [0.1, 0.15) is 93.4 Å². The Morgan fingerprint density at radius 1 is 0.532 bits per heavy atom. The molecule has 0 aromatic heterocycles. The lowest BCUT2D eigenvalue weighted by Gasteiger charge is -2.28. The molecule has 358 valence electrons. The molecule has 2 amide bonds. The number of nitrogens with one attached hydrogen (secondary N) is 2. The minimum atomic E-state index is -4.14. The van der Waals surface area contributed by atoms with Crippen molar-refractivity contribution in [2.45, 2.75) is 117 Å². The number of nitrogens with zero attached hydrogens (tertiary/aromatic N) is 3. The van der Waals surface area contributed by atoms with Gasteiger partial charge in [-0.25, -0.2) is 9.59 Å². The zero-order chi connectivity index (χ0) is 47.7. The number of rotatable bonds is 25. The third-order valence-corrected chi connectivity index (χ3v) is 14.3. The van der Waals surface area contributed by atoms with Gasteiger partial charge in [0.1, 0.15) is 29.1 Å². The van der Waals surface area contributed by atoms with Crippen molar-refractivity contribution in [3.63, 3.8) is 0 Å². The number of esters is 2. The molecule has 1 aliphatic heterocycles. The van der Waals surface area contributed by atoms with Crippen LogP contribution in [-0.4, -0.2) is 181 Å². The predicted molar refractivity (Wildman–Crippen MR) is 227 cm³/mol. The summed E-state index contributed by atoms with van der Waals surface area (Å²) < 4.78 is 50.7. The fourth-order valence-corrected chi connectivity index (χ4v) is 10.9. The maximum absolute atomic E-state index is 13.5. The van der Waals surface area contributed by atoms with Gasteiger partial charge in [-0.3, -0.25) is 47.6 Å². The molecule has 5 atom stereocenters. The Labute approximate surface area is 363 Å². The summed E-state index contributed by atoms with van der Waals surface area (Å²) in [6.45, 7) is 11.4. The van der Waals surface area contributed by atoms with Crippen molar-refractivity contribution in [2.24, 2.45) is 0 Å². The van der Waals surface area contributed by atoms with Gasteiger partial charge in [0.15, 0.2) is 0 Å². The van der Waals surface area contributed by atoms with Crippen LogP contribution in [0, 0.1) is 0 Å². The topological polar surface area (TPSA) is 324 Å². The van der Waals surface area contributed by atoms with E-state index in [9.17, 15) is 61.9 Å². The van der Waals surface area contributed by atoms with E-state index in [1.54, 1.807) is 56.2 Å². The molecule has 25 heteroatoms. The van der Waals surface area contributed by atoms with Crippen molar-refractivity contribution < 1.29 is 81.6 Å².